The molecule has 1 aliphatic carbocycles. The van der Waals surface area contributed by atoms with Crippen LogP contribution in [0.25, 0.3) is 0 Å². The van der Waals surface area contributed by atoms with Crippen LogP contribution in [0.15, 0.2) is 18.2 Å². The van der Waals surface area contributed by atoms with E-state index in [2.05, 4.69) is 10.6 Å². The highest BCUT2D eigenvalue weighted by atomic mass is 16.5. The Labute approximate surface area is 179 Å². The lowest BCUT2D eigenvalue weighted by Crippen LogP contribution is -2.35. The van der Waals surface area contributed by atoms with Crippen LogP contribution in [0.1, 0.15) is 93.8 Å². The van der Waals surface area contributed by atoms with E-state index >= 15 is 0 Å². The zero-order valence-corrected chi connectivity index (χ0v) is 17.8. The average Bonchev–Trinajstić information content (AvgIpc) is 2.73. The zero-order chi connectivity index (χ0) is 21.2. The number of ether oxygens (including phenoxy) is 1. The molecule has 0 unspecified atom stereocenters. The molecule has 0 radical (unpaired) electrons. The van der Waals surface area contributed by atoms with Crippen molar-refractivity contribution in [1.82, 2.24) is 5.32 Å². The summed E-state index contributed by atoms with van der Waals surface area (Å²) in [7, 11) is 0. The Bertz CT molecular complexity index is 735. The smallest absolute Gasteiger partial charge is 0.262 e. The van der Waals surface area contributed by atoms with Gasteiger partial charge in [-0.1, -0.05) is 57.8 Å². The summed E-state index contributed by atoms with van der Waals surface area (Å²) < 4.78 is 5.32. The van der Waals surface area contributed by atoms with Gasteiger partial charge in [-0.3, -0.25) is 14.4 Å². The third-order valence-electron chi connectivity index (χ3n) is 5.98. The predicted octanol–water partition coefficient (Wildman–Crippen LogP) is 4.77. The van der Waals surface area contributed by atoms with Gasteiger partial charge in [-0.25, -0.2) is 0 Å². The number of fused-ring (bicyclic) bond motifs is 1. The van der Waals surface area contributed by atoms with Crippen molar-refractivity contribution in [3.05, 3.63) is 23.8 Å². The number of Topliss-reactive ketones (excluding diaryl/α,β-unsaturated/α-hetero) is 1. The molecule has 2 N–H and O–H groups in total. The van der Waals surface area contributed by atoms with E-state index in [4.69, 9.17) is 4.74 Å². The Morgan fingerprint density at radius 1 is 0.933 bits per heavy atom. The van der Waals surface area contributed by atoms with E-state index in [0.29, 0.717) is 17.0 Å². The Kier molecular flexibility index (Phi) is 8.72. The summed E-state index contributed by atoms with van der Waals surface area (Å²) in [4.78, 5) is 36.4. The molecular weight excluding hydrogens is 380 g/mol. The summed E-state index contributed by atoms with van der Waals surface area (Å²) in [5.74, 6) is 0.177. The molecule has 6 heteroatoms. The van der Waals surface area contributed by atoms with Crippen molar-refractivity contribution >= 4 is 23.3 Å². The molecule has 1 aliphatic heterocycles. The fourth-order valence-electron chi connectivity index (χ4n) is 4.24. The fraction of sp³-hybridized carbons (Fsp3) is 0.625. The number of hydrogen-bond donors (Lipinski definition) is 2. The number of hydrogen-bond acceptors (Lipinski definition) is 4. The molecule has 30 heavy (non-hydrogen) atoms. The topological polar surface area (TPSA) is 84.5 Å². The molecule has 0 bridgehead atoms. The quantitative estimate of drug-likeness (QED) is 0.680. The summed E-state index contributed by atoms with van der Waals surface area (Å²) in [6, 6.07) is 5.22. The van der Waals surface area contributed by atoms with Crippen LogP contribution in [0.2, 0.25) is 0 Å². The Morgan fingerprint density at radius 2 is 1.57 bits per heavy atom. The van der Waals surface area contributed by atoms with E-state index in [-0.39, 0.29) is 43.1 Å². The summed E-state index contributed by atoms with van der Waals surface area (Å²) in [6.45, 7) is -0.0123. The van der Waals surface area contributed by atoms with Crippen molar-refractivity contribution in [1.29, 1.82) is 0 Å². The molecule has 1 aromatic carbocycles. The van der Waals surface area contributed by atoms with Crippen LogP contribution in [0.3, 0.4) is 0 Å². The summed E-state index contributed by atoms with van der Waals surface area (Å²) in [5.41, 5.74) is 0.994. The van der Waals surface area contributed by atoms with Crippen LogP contribution < -0.4 is 15.4 Å². The van der Waals surface area contributed by atoms with E-state index < -0.39 is 0 Å². The number of carbonyl (C=O) groups is 3. The van der Waals surface area contributed by atoms with Crippen molar-refractivity contribution in [2.24, 2.45) is 0 Å². The lowest BCUT2D eigenvalue weighted by atomic mass is 9.97. The van der Waals surface area contributed by atoms with E-state index in [1.54, 1.807) is 18.2 Å². The molecule has 1 saturated carbocycles. The van der Waals surface area contributed by atoms with Gasteiger partial charge in [-0.15, -0.1) is 0 Å². The van der Waals surface area contributed by atoms with Gasteiger partial charge in [0.25, 0.3) is 5.91 Å². The van der Waals surface area contributed by atoms with E-state index in [1.807, 2.05) is 0 Å². The highest BCUT2D eigenvalue weighted by Crippen LogP contribution is 2.29. The number of nitrogens with one attached hydrogen (secondary N) is 2. The molecule has 0 atom stereocenters. The highest BCUT2D eigenvalue weighted by molar-refractivity contribution is 6.01. The third kappa shape index (κ3) is 7.15. The van der Waals surface area contributed by atoms with Gasteiger partial charge >= 0.3 is 0 Å². The summed E-state index contributed by atoms with van der Waals surface area (Å²) in [5, 5.41) is 5.87. The molecule has 1 aromatic rings. The molecule has 2 amide bonds. The van der Waals surface area contributed by atoms with Gasteiger partial charge in [0, 0.05) is 24.4 Å². The first kappa shape index (κ1) is 22.3. The van der Waals surface area contributed by atoms with Gasteiger partial charge in [0.15, 0.2) is 12.4 Å². The van der Waals surface area contributed by atoms with Crippen LogP contribution in [-0.2, 0) is 9.59 Å². The molecule has 0 saturated heterocycles. The molecule has 1 heterocycles. The van der Waals surface area contributed by atoms with Crippen LogP contribution in [0.5, 0.6) is 5.75 Å². The molecule has 164 valence electrons. The minimum Gasteiger partial charge on any atom is -0.482 e. The monoisotopic (exact) mass is 414 g/mol. The number of rotatable bonds is 5. The van der Waals surface area contributed by atoms with Gasteiger partial charge in [0.2, 0.25) is 5.91 Å². The van der Waals surface area contributed by atoms with Gasteiger partial charge < -0.3 is 15.4 Å². The SMILES string of the molecule is O=C1COc2ccc(C(=O)CCC(=O)NC3CCCCCCCCCCC3)cc2N1. The van der Waals surface area contributed by atoms with Gasteiger partial charge in [0.05, 0.1) is 5.69 Å². The van der Waals surface area contributed by atoms with Crippen LogP contribution >= 0.6 is 0 Å². The normalized spacial score (nSPS) is 18.7. The Hall–Kier alpha value is -2.37. The largest absolute Gasteiger partial charge is 0.482 e. The van der Waals surface area contributed by atoms with Crippen molar-refractivity contribution in [2.75, 3.05) is 11.9 Å². The Morgan fingerprint density at radius 3 is 2.23 bits per heavy atom. The fourth-order valence-corrected chi connectivity index (χ4v) is 4.24. The van der Waals surface area contributed by atoms with Crippen LogP contribution in [-0.4, -0.2) is 30.2 Å². The molecular formula is C24H34N2O4. The van der Waals surface area contributed by atoms with Gasteiger partial charge in [-0.2, -0.15) is 0 Å². The lowest BCUT2D eigenvalue weighted by Gasteiger charge is -2.20. The minimum atomic E-state index is -0.233. The van der Waals surface area contributed by atoms with Crippen molar-refractivity contribution in [3.63, 3.8) is 0 Å². The first-order valence-corrected chi connectivity index (χ1v) is 11.5. The second-order valence-corrected chi connectivity index (χ2v) is 8.49. The van der Waals surface area contributed by atoms with Gasteiger partial charge in [0.1, 0.15) is 5.75 Å². The van der Waals surface area contributed by atoms with Crippen molar-refractivity contribution in [2.45, 2.75) is 89.5 Å². The minimum absolute atomic E-state index is 0.0123. The number of benzene rings is 1. The zero-order valence-electron chi connectivity index (χ0n) is 17.8. The first-order valence-electron chi connectivity index (χ1n) is 11.5. The lowest BCUT2D eigenvalue weighted by molar-refractivity contribution is -0.122. The molecule has 3 rings (SSSR count). The highest BCUT2D eigenvalue weighted by Gasteiger charge is 2.19. The van der Waals surface area contributed by atoms with E-state index in [0.717, 1.165) is 25.7 Å². The third-order valence-corrected chi connectivity index (χ3v) is 5.98. The molecule has 6 nitrogen and oxygen atoms in total. The standard InChI is InChI=1S/C24H34N2O4/c27-21(18-12-14-22-20(16-18)26-24(29)17-30-22)13-15-23(28)25-19-10-8-6-4-2-1-3-5-7-9-11-19/h12,14,16,19H,1-11,13,15,17H2,(H,25,28)(H,26,29). The van der Waals surface area contributed by atoms with Crippen molar-refractivity contribution < 1.29 is 19.1 Å². The average molecular weight is 415 g/mol. The number of ketones is 1. The second-order valence-electron chi connectivity index (χ2n) is 8.49. The van der Waals surface area contributed by atoms with Crippen LogP contribution in [0.4, 0.5) is 5.69 Å². The molecule has 0 spiro atoms. The predicted molar refractivity (Wildman–Crippen MR) is 117 cm³/mol. The number of carbonyl (C=O) groups excluding carboxylic acids is 3. The molecule has 1 fully saturated rings. The van der Waals surface area contributed by atoms with Gasteiger partial charge in [-0.05, 0) is 31.0 Å². The number of amides is 2. The number of anilines is 1. The maximum atomic E-state index is 12.5. The maximum Gasteiger partial charge on any atom is 0.262 e. The van der Waals surface area contributed by atoms with E-state index in [1.165, 1.54) is 44.9 Å². The maximum absolute atomic E-state index is 12.5. The molecule has 2 aliphatic rings. The van der Waals surface area contributed by atoms with Crippen LogP contribution in [0, 0.1) is 0 Å². The Balaban J connectivity index is 1.46. The summed E-state index contributed by atoms with van der Waals surface area (Å²) >= 11 is 0. The molecule has 0 aromatic heterocycles. The van der Waals surface area contributed by atoms with E-state index in [9.17, 15) is 14.4 Å². The summed E-state index contributed by atoms with van der Waals surface area (Å²) in [6.07, 6.45) is 13.8. The van der Waals surface area contributed by atoms with Crippen molar-refractivity contribution in [3.8, 4) is 5.75 Å². The second kappa shape index (κ2) is 11.7. The first-order chi connectivity index (χ1) is 14.6.